The molecule has 0 bridgehead atoms. The van der Waals surface area contributed by atoms with Crippen molar-refractivity contribution in [1.82, 2.24) is 9.78 Å². The molecule has 1 heterocycles. The molecule has 1 aromatic heterocycles. The number of aromatic nitrogens is 2. The molecule has 7 nitrogen and oxygen atoms in total. The van der Waals surface area contributed by atoms with Gasteiger partial charge in [-0.15, -0.1) is 0 Å². The Morgan fingerprint density at radius 2 is 1.80 bits per heavy atom. The van der Waals surface area contributed by atoms with Gasteiger partial charge in [-0.2, -0.15) is 5.10 Å². The fourth-order valence-electron chi connectivity index (χ4n) is 3.63. The predicted molar refractivity (Wildman–Crippen MR) is 116 cm³/mol. The van der Waals surface area contributed by atoms with Crippen molar-refractivity contribution in [2.24, 2.45) is 0 Å². The molecule has 1 atom stereocenters. The first-order valence-electron chi connectivity index (χ1n) is 9.97. The van der Waals surface area contributed by atoms with Crippen LogP contribution in [0.3, 0.4) is 0 Å². The van der Waals surface area contributed by atoms with Crippen molar-refractivity contribution in [2.45, 2.75) is 43.5 Å². The van der Waals surface area contributed by atoms with Crippen LogP contribution in [0.2, 0.25) is 0 Å². The maximum atomic E-state index is 12.9. The van der Waals surface area contributed by atoms with Crippen LogP contribution in [-0.2, 0) is 27.7 Å². The Balaban J connectivity index is 1.49. The van der Waals surface area contributed by atoms with E-state index in [1.54, 1.807) is 66.5 Å². The van der Waals surface area contributed by atoms with Crippen LogP contribution in [0, 0.1) is 0 Å². The summed E-state index contributed by atoms with van der Waals surface area (Å²) in [5.74, 6) is -0.242. The minimum Gasteiger partial charge on any atom is -0.324 e. The van der Waals surface area contributed by atoms with Gasteiger partial charge in [0.15, 0.2) is 0 Å². The number of hydrogen-bond donors (Lipinski definition) is 2. The fraction of sp³-hybridized carbons (Fsp3) is 0.273. The lowest BCUT2D eigenvalue weighted by Crippen LogP contribution is -2.24. The number of benzene rings is 2. The summed E-state index contributed by atoms with van der Waals surface area (Å²) in [7, 11) is -3.72. The van der Waals surface area contributed by atoms with Crippen molar-refractivity contribution in [2.75, 3.05) is 10.0 Å². The van der Waals surface area contributed by atoms with Gasteiger partial charge in [0.05, 0.1) is 10.6 Å². The van der Waals surface area contributed by atoms with Crippen molar-refractivity contribution < 1.29 is 13.2 Å². The van der Waals surface area contributed by atoms with Gasteiger partial charge in [0.2, 0.25) is 5.91 Å². The van der Waals surface area contributed by atoms with Gasteiger partial charge in [-0.3, -0.25) is 14.2 Å². The molecule has 1 aliphatic rings. The third kappa shape index (κ3) is 4.38. The van der Waals surface area contributed by atoms with Crippen LogP contribution in [0.15, 0.2) is 65.8 Å². The second-order valence-corrected chi connectivity index (χ2v) is 9.16. The van der Waals surface area contributed by atoms with E-state index in [-0.39, 0.29) is 10.8 Å². The first kappa shape index (κ1) is 20.2. The van der Waals surface area contributed by atoms with Crippen LogP contribution in [0.1, 0.15) is 36.9 Å². The summed E-state index contributed by atoms with van der Waals surface area (Å²) in [6.07, 6.45) is 7.47. The van der Waals surface area contributed by atoms with Crippen LogP contribution in [0.25, 0.3) is 0 Å². The van der Waals surface area contributed by atoms with Crippen LogP contribution >= 0.6 is 0 Å². The summed E-state index contributed by atoms with van der Waals surface area (Å²) in [6.45, 7) is 1.74. The number of fused-ring (bicyclic) bond motifs is 1. The number of hydrogen-bond acceptors (Lipinski definition) is 4. The number of carbonyl (C=O) groups is 1. The number of rotatable bonds is 6. The Morgan fingerprint density at radius 1 is 1.03 bits per heavy atom. The topological polar surface area (TPSA) is 93.1 Å². The van der Waals surface area contributed by atoms with Gasteiger partial charge in [-0.05, 0) is 80.1 Å². The molecule has 0 spiro atoms. The SMILES string of the molecule is CC(C(=O)Nc1cccc(NS(=O)(=O)c2ccc3c(c2)CCCC3)c1)n1cccn1. The highest BCUT2D eigenvalue weighted by Crippen LogP contribution is 2.26. The minimum absolute atomic E-state index is 0.242. The van der Waals surface area contributed by atoms with Crippen molar-refractivity contribution in [1.29, 1.82) is 0 Å². The summed E-state index contributed by atoms with van der Waals surface area (Å²) in [5, 5.41) is 6.88. The van der Waals surface area contributed by atoms with Gasteiger partial charge >= 0.3 is 0 Å². The lowest BCUT2D eigenvalue weighted by atomic mass is 9.92. The summed E-state index contributed by atoms with van der Waals surface area (Å²) < 4.78 is 29.9. The van der Waals surface area contributed by atoms with Crippen molar-refractivity contribution >= 4 is 27.3 Å². The summed E-state index contributed by atoms with van der Waals surface area (Å²) in [5.41, 5.74) is 3.23. The summed E-state index contributed by atoms with van der Waals surface area (Å²) >= 11 is 0. The zero-order valence-corrected chi connectivity index (χ0v) is 17.5. The van der Waals surface area contributed by atoms with Gasteiger partial charge in [0.1, 0.15) is 6.04 Å². The zero-order chi connectivity index (χ0) is 21.1. The molecule has 3 aromatic rings. The lowest BCUT2D eigenvalue weighted by molar-refractivity contribution is -0.119. The third-order valence-electron chi connectivity index (χ3n) is 5.31. The van der Waals surface area contributed by atoms with Gasteiger partial charge in [-0.25, -0.2) is 8.42 Å². The first-order chi connectivity index (χ1) is 14.4. The molecule has 1 unspecified atom stereocenters. The summed E-state index contributed by atoms with van der Waals surface area (Å²) in [6, 6.07) is 13.3. The van der Waals surface area contributed by atoms with Crippen molar-refractivity contribution in [3.63, 3.8) is 0 Å². The van der Waals surface area contributed by atoms with Crippen LogP contribution in [-0.4, -0.2) is 24.1 Å². The van der Waals surface area contributed by atoms with E-state index in [4.69, 9.17) is 0 Å². The van der Waals surface area contributed by atoms with Crippen molar-refractivity contribution in [3.05, 3.63) is 72.1 Å². The van der Waals surface area contributed by atoms with Gasteiger partial charge < -0.3 is 5.32 Å². The number of aryl methyl sites for hydroxylation is 2. The third-order valence-corrected chi connectivity index (χ3v) is 6.69. The Labute approximate surface area is 176 Å². The molecule has 0 radical (unpaired) electrons. The Hall–Kier alpha value is -3.13. The Kier molecular flexibility index (Phi) is 5.59. The van der Waals surface area contributed by atoms with E-state index in [0.29, 0.717) is 11.4 Å². The maximum Gasteiger partial charge on any atom is 0.261 e. The molecule has 0 aliphatic heterocycles. The number of amides is 1. The molecule has 1 amide bonds. The zero-order valence-electron chi connectivity index (χ0n) is 16.7. The van der Waals surface area contributed by atoms with Gasteiger partial charge in [0.25, 0.3) is 10.0 Å². The van der Waals surface area contributed by atoms with Crippen LogP contribution in [0.4, 0.5) is 11.4 Å². The fourth-order valence-corrected chi connectivity index (χ4v) is 4.73. The number of sulfonamides is 1. The molecular weight excluding hydrogens is 400 g/mol. The Morgan fingerprint density at radius 3 is 2.57 bits per heavy atom. The molecule has 0 saturated heterocycles. The molecule has 0 fully saturated rings. The molecule has 4 rings (SSSR count). The number of nitrogens with zero attached hydrogens (tertiary/aromatic N) is 2. The highest BCUT2D eigenvalue weighted by molar-refractivity contribution is 7.92. The van der Waals surface area contributed by atoms with Gasteiger partial charge in [-0.1, -0.05) is 12.1 Å². The number of anilines is 2. The van der Waals surface area contributed by atoms with Crippen LogP contribution in [0.5, 0.6) is 0 Å². The summed E-state index contributed by atoms with van der Waals surface area (Å²) in [4.78, 5) is 12.7. The Bertz CT molecular complexity index is 1160. The van der Waals surface area contributed by atoms with E-state index in [1.165, 1.54) is 5.56 Å². The van der Waals surface area contributed by atoms with E-state index in [1.807, 2.05) is 6.07 Å². The highest BCUT2D eigenvalue weighted by atomic mass is 32.2. The second kappa shape index (κ2) is 8.31. The predicted octanol–water partition coefficient (Wildman–Crippen LogP) is 3.76. The first-order valence-corrected chi connectivity index (χ1v) is 11.5. The molecule has 30 heavy (non-hydrogen) atoms. The minimum atomic E-state index is -3.72. The molecule has 2 N–H and O–H groups in total. The maximum absolute atomic E-state index is 12.9. The average molecular weight is 425 g/mol. The largest absolute Gasteiger partial charge is 0.324 e. The van der Waals surface area contributed by atoms with Gasteiger partial charge in [0, 0.05) is 18.1 Å². The highest BCUT2D eigenvalue weighted by Gasteiger charge is 2.19. The van der Waals surface area contributed by atoms with E-state index in [9.17, 15) is 13.2 Å². The quantitative estimate of drug-likeness (QED) is 0.630. The normalized spacial score (nSPS) is 14.6. The van der Waals surface area contributed by atoms with Crippen molar-refractivity contribution in [3.8, 4) is 0 Å². The molecule has 1 aliphatic carbocycles. The van der Waals surface area contributed by atoms with E-state index in [2.05, 4.69) is 15.1 Å². The molecule has 0 saturated carbocycles. The monoisotopic (exact) mass is 424 g/mol. The average Bonchev–Trinajstić information content (AvgIpc) is 3.27. The molecule has 156 valence electrons. The molecular formula is C22H24N4O3S. The smallest absolute Gasteiger partial charge is 0.261 e. The molecule has 2 aromatic carbocycles. The number of nitrogens with one attached hydrogen (secondary N) is 2. The molecule has 8 heteroatoms. The van der Waals surface area contributed by atoms with E-state index < -0.39 is 16.1 Å². The lowest BCUT2D eigenvalue weighted by Gasteiger charge is -2.17. The van der Waals surface area contributed by atoms with E-state index >= 15 is 0 Å². The standard InChI is InChI=1S/C22H24N4O3S/c1-16(26-13-5-12-23-26)22(27)24-19-8-4-9-20(15-19)25-30(28,29)21-11-10-17-6-2-3-7-18(17)14-21/h4-5,8-16,25H,2-3,6-7H2,1H3,(H,24,27). The van der Waals surface area contributed by atoms with Crippen LogP contribution < -0.4 is 10.0 Å². The number of carbonyl (C=O) groups excluding carboxylic acids is 1. The van der Waals surface area contributed by atoms with E-state index in [0.717, 1.165) is 31.2 Å². The second-order valence-electron chi connectivity index (χ2n) is 7.48.